The quantitative estimate of drug-likeness (QED) is 0.0993. The number of nitrogens with two attached hydrogens (primary N) is 1. The van der Waals surface area contributed by atoms with Gasteiger partial charge in [0, 0.05) is 6.54 Å². The van der Waals surface area contributed by atoms with Crippen LogP contribution in [-0.2, 0) is 23.9 Å². The van der Waals surface area contributed by atoms with Gasteiger partial charge in [-0.3, -0.25) is 14.4 Å². The van der Waals surface area contributed by atoms with E-state index in [1.807, 2.05) is 0 Å². The minimum absolute atomic E-state index is 0.164. The van der Waals surface area contributed by atoms with Gasteiger partial charge in [-0.05, 0) is 44.0 Å². The van der Waals surface area contributed by atoms with Crippen LogP contribution in [0, 0.1) is 5.41 Å². The first-order valence-corrected chi connectivity index (χ1v) is 10.9. The average molecular weight is 514 g/mol. The molecule has 0 aliphatic carbocycles. The maximum atomic E-state index is 13.2. The summed E-state index contributed by atoms with van der Waals surface area (Å²) in [7, 11) is 0. The van der Waals surface area contributed by atoms with Gasteiger partial charge in [0.05, 0.1) is 12.6 Å². The highest BCUT2D eigenvalue weighted by Crippen LogP contribution is 2.34. The smallest absolute Gasteiger partial charge is 0.326 e. The number of amides is 1. The molecule has 0 saturated carbocycles. The van der Waals surface area contributed by atoms with Crippen molar-refractivity contribution in [1.29, 1.82) is 0 Å². The average Bonchev–Trinajstić information content (AvgIpc) is 3.12. The predicted octanol–water partition coefficient (Wildman–Crippen LogP) is 1.04. The Balaban J connectivity index is 3.10. The van der Waals surface area contributed by atoms with Crippen molar-refractivity contribution >= 4 is 58.8 Å². The fraction of sp³-hybridized carbons (Fsp3) is 0.765. The molecule has 0 radical (unpaired) electrons. The van der Waals surface area contributed by atoms with Crippen molar-refractivity contribution in [1.82, 2.24) is 4.90 Å². The number of carboxylic acids is 1. The van der Waals surface area contributed by atoms with Gasteiger partial charge in [0.15, 0.2) is 5.78 Å². The molecular formula is C17H27IN2O6S. The summed E-state index contributed by atoms with van der Waals surface area (Å²) in [4.78, 5) is 51.0. The highest BCUT2D eigenvalue weighted by molar-refractivity contribution is 14.1. The number of alkyl halides is 1. The molecule has 1 heterocycles. The van der Waals surface area contributed by atoms with Crippen LogP contribution >= 0.6 is 35.2 Å². The summed E-state index contributed by atoms with van der Waals surface area (Å²) >= 11 is 6.44. The Morgan fingerprint density at radius 1 is 1.37 bits per heavy atom. The van der Waals surface area contributed by atoms with E-state index in [9.17, 15) is 24.3 Å². The molecular weight excluding hydrogens is 487 g/mol. The first kappa shape index (κ1) is 24.2. The minimum atomic E-state index is -1.91. The van der Waals surface area contributed by atoms with Crippen LogP contribution in [0.5, 0.6) is 0 Å². The van der Waals surface area contributed by atoms with Crippen molar-refractivity contribution in [3.63, 3.8) is 0 Å². The molecule has 1 aliphatic rings. The molecule has 154 valence electrons. The molecule has 0 bridgehead atoms. The lowest BCUT2D eigenvalue weighted by molar-refractivity contribution is -0.161. The predicted molar refractivity (Wildman–Crippen MR) is 111 cm³/mol. The van der Waals surface area contributed by atoms with E-state index in [2.05, 4.69) is 35.2 Å². The van der Waals surface area contributed by atoms with E-state index in [-0.39, 0.29) is 13.2 Å². The number of rotatable bonds is 10. The molecule has 8 nitrogen and oxygen atoms in total. The fourth-order valence-electron chi connectivity index (χ4n) is 3.08. The lowest BCUT2D eigenvalue weighted by Gasteiger charge is -2.36. The van der Waals surface area contributed by atoms with E-state index in [0.717, 1.165) is 15.7 Å². The van der Waals surface area contributed by atoms with Crippen LogP contribution < -0.4 is 5.73 Å². The van der Waals surface area contributed by atoms with Gasteiger partial charge < -0.3 is 20.5 Å². The molecule has 1 amide bonds. The summed E-state index contributed by atoms with van der Waals surface area (Å²) in [5, 5.41) is 7.97. The number of hydrogen-bond donors (Lipinski definition) is 3. The topological polar surface area (TPSA) is 127 Å². The lowest BCUT2D eigenvalue weighted by atomic mass is 9.77. The third-order valence-corrected chi connectivity index (χ3v) is 6.20. The summed E-state index contributed by atoms with van der Waals surface area (Å²) in [5.74, 6) is -3.36. The molecule has 0 aromatic carbocycles. The van der Waals surface area contributed by atoms with Gasteiger partial charge in [-0.2, -0.15) is 12.6 Å². The summed E-state index contributed by atoms with van der Waals surface area (Å²) in [6.45, 7) is 3.07. The van der Waals surface area contributed by atoms with Crippen molar-refractivity contribution in [2.75, 3.05) is 17.6 Å². The van der Waals surface area contributed by atoms with Crippen LogP contribution in [0.25, 0.3) is 0 Å². The van der Waals surface area contributed by atoms with E-state index < -0.39 is 46.4 Å². The normalized spacial score (nSPS) is 21.2. The van der Waals surface area contributed by atoms with Crippen LogP contribution in [0.2, 0.25) is 0 Å². The molecule has 1 unspecified atom stereocenters. The van der Waals surface area contributed by atoms with Gasteiger partial charge in [0.2, 0.25) is 5.91 Å². The third kappa shape index (κ3) is 5.57. The fourth-order valence-corrected chi connectivity index (χ4v) is 3.93. The maximum Gasteiger partial charge on any atom is 0.326 e. The van der Waals surface area contributed by atoms with Crippen LogP contribution in [0.1, 0.15) is 39.5 Å². The first-order valence-electron chi connectivity index (χ1n) is 8.83. The maximum absolute atomic E-state index is 13.2. The van der Waals surface area contributed by atoms with E-state index in [0.29, 0.717) is 19.3 Å². The molecule has 0 spiro atoms. The number of ether oxygens (including phenoxy) is 1. The highest BCUT2D eigenvalue weighted by Gasteiger charge is 2.54. The van der Waals surface area contributed by atoms with Crippen molar-refractivity contribution in [3.05, 3.63) is 0 Å². The second-order valence-corrected chi connectivity index (χ2v) is 8.41. The second-order valence-electron chi connectivity index (χ2n) is 6.82. The Morgan fingerprint density at radius 2 is 2.00 bits per heavy atom. The van der Waals surface area contributed by atoms with E-state index in [1.54, 1.807) is 0 Å². The number of likely N-dealkylation sites (tertiary alicyclic amines) is 1. The van der Waals surface area contributed by atoms with Crippen LogP contribution in [-0.4, -0.2) is 68.5 Å². The number of nitrogens with zero attached hydrogens (tertiary/aromatic N) is 1. The largest absolute Gasteiger partial charge is 0.480 e. The molecule has 3 N–H and O–H groups in total. The molecule has 1 rings (SSSR count). The van der Waals surface area contributed by atoms with Gasteiger partial charge in [0.1, 0.15) is 16.7 Å². The monoisotopic (exact) mass is 514 g/mol. The molecule has 1 saturated heterocycles. The standard InChI is InChI=1S/C17H27IN2O6S/c1-10(19)12(21)17(2,13(27)15(24)26-9-4-3-7-18)16(25)20-8-5-6-11(20)14(22)23/h10-11,13,27H,3-9,19H2,1-2H3,(H,22,23)/t10-,11-,13?,17+/m0/s1. The Labute approximate surface area is 178 Å². The highest BCUT2D eigenvalue weighted by atomic mass is 127. The van der Waals surface area contributed by atoms with Gasteiger partial charge in [-0.15, -0.1) is 0 Å². The van der Waals surface area contributed by atoms with Crippen LogP contribution in [0.3, 0.4) is 0 Å². The Bertz CT molecular complexity index is 588. The number of esters is 1. The number of Topliss-reactive ketones (excluding diaryl/α,β-unsaturated/α-hetero) is 1. The summed E-state index contributed by atoms with van der Waals surface area (Å²) < 4.78 is 6.09. The number of carboxylic acid groups (broad SMARTS) is 1. The van der Waals surface area contributed by atoms with Crippen molar-refractivity contribution in [2.24, 2.45) is 11.1 Å². The van der Waals surface area contributed by atoms with E-state index in [4.69, 9.17) is 10.5 Å². The zero-order valence-corrected chi connectivity index (χ0v) is 18.6. The number of carbonyl (C=O) groups is 4. The van der Waals surface area contributed by atoms with Gasteiger partial charge >= 0.3 is 11.9 Å². The third-order valence-electron chi connectivity index (χ3n) is 4.71. The first-order chi connectivity index (χ1) is 12.6. The molecule has 0 aromatic rings. The minimum Gasteiger partial charge on any atom is -0.480 e. The Morgan fingerprint density at radius 3 is 2.52 bits per heavy atom. The summed E-state index contributed by atoms with van der Waals surface area (Å²) in [6, 6.07) is -2.05. The number of ketones is 1. The van der Waals surface area contributed by atoms with Gasteiger partial charge in [-0.25, -0.2) is 4.79 Å². The van der Waals surface area contributed by atoms with Crippen molar-refractivity contribution < 1.29 is 29.0 Å². The summed E-state index contributed by atoms with van der Waals surface area (Å²) in [5.41, 5.74) is 3.80. The lowest BCUT2D eigenvalue weighted by Crippen LogP contribution is -2.59. The zero-order valence-electron chi connectivity index (χ0n) is 15.5. The van der Waals surface area contributed by atoms with Crippen molar-refractivity contribution in [2.45, 2.75) is 56.9 Å². The molecule has 1 aliphatic heterocycles. The molecule has 10 heteroatoms. The number of thiol groups is 1. The van der Waals surface area contributed by atoms with Crippen LogP contribution in [0.15, 0.2) is 0 Å². The van der Waals surface area contributed by atoms with Gasteiger partial charge in [0.25, 0.3) is 0 Å². The summed E-state index contributed by atoms with van der Waals surface area (Å²) in [6.07, 6.45) is 2.33. The number of carbonyl (C=O) groups excluding carboxylic acids is 3. The molecule has 0 aromatic heterocycles. The van der Waals surface area contributed by atoms with Gasteiger partial charge in [-0.1, -0.05) is 22.6 Å². The van der Waals surface area contributed by atoms with E-state index >= 15 is 0 Å². The Kier molecular flexibility index (Phi) is 9.49. The molecule has 27 heavy (non-hydrogen) atoms. The Hall–Kier alpha value is -0.880. The molecule has 1 fully saturated rings. The van der Waals surface area contributed by atoms with Crippen LogP contribution in [0.4, 0.5) is 0 Å². The SMILES string of the molecule is C[C@H](N)C(=O)[C@@](C)(C(=O)N1CCC[C@H]1C(=O)O)C(S)C(=O)OCCCCI. The number of halogens is 1. The van der Waals surface area contributed by atoms with E-state index in [1.165, 1.54) is 13.8 Å². The number of hydrogen-bond acceptors (Lipinski definition) is 7. The van der Waals surface area contributed by atoms with Crippen molar-refractivity contribution in [3.8, 4) is 0 Å². The molecule has 4 atom stereocenters. The second kappa shape index (κ2) is 10.6. The zero-order chi connectivity index (χ0) is 20.8. The number of aliphatic carboxylic acids is 1. The number of unbranched alkanes of at least 4 members (excludes halogenated alkanes) is 1.